The van der Waals surface area contributed by atoms with Crippen LogP contribution in [0, 0.1) is 16.0 Å². The lowest BCUT2D eigenvalue weighted by atomic mass is 9.71. The van der Waals surface area contributed by atoms with Crippen LogP contribution in [0.25, 0.3) is 0 Å². The largest absolute Gasteiger partial charge is 0.466 e. The molecule has 1 aromatic rings. The summed E-state index contributed by atoms with van der Waals surface area (Å²) in [6, 6.07) is 6.13. The minimum absolute atomic E-state index is 0.0105. The van der Waals surface area contributed by atoms with Crippen molar-refractivity contribution < 1.29 is 28.7 Å². The maximum absolute atomic E-state index is 12.8. The standard InChI is InChI=1S/C20H24N2O7/c1-12-17(19(24)27-4)18(14-6-5-7-15(10-14)22(25)26)16(11-28-13(2)23)20(3)21(12)8-9-29-20/h5-7,10,16,18H,8-9,11H2,1-4H3. The molecule has 0 spiro atoms. The third-order valence-electron chi connectivity index (χ3n) is 5.75. The summed E-state index contributed by atoms with van der Waals surface area (Å²) in [6.07, 6.45) is 0. The first-order valence-corrected chi connectivity index (χ1v) is 9.29. The van der Waals surface area contributed by atoms with E-state index in [0.29, 0.717) is 30.0 Å². The summed E-state index contributed by atoms with van der Waals surface area (Å²) >= 11 is 0. The molecule has 29 heavy (non-hydrogen) atoms. The Balaban J connectivity index is 2.22. The molecule has 156 valence electrons. The van der Waals surface area contributed by atoms with Crippen LogP contribution in [0.5, 0.6) is 0 Å². The van der Waals surface area contributed by atoms with Crippen LogP contribution in [-0.4, -0.2) is 54.4 Å². The molecule has 9 nitrogen and oxygen atoms in total. The Kier molecular flexibility index (Phi) is 5.61. The van der Waals surface area contributed by atoms with Crippen molar-refractivity contribution >= 4 is 17.6 Å². The lowest BCUT2D eigenvalue weighted by Crippen LogP contribution is -2.56. The molecule has 1 fully saturated rings. The zero-order valence-corrected chi connectivity index (χ0v) is 16.8. The summed E-state index contributed by atoms with van der Waals surface area (Å²) in [4.78, 5) is 37.1. The highest BCUT2D eigenvalue weighted by molar-refractivity contribution is 5.91. The lowest BCUT2D eigenvalue weighted by Gasteiger charge is -2.49. The number of nitrogens with zero attached hydrogens (tertiary/aromatic N) is 2. The number of hydrogen-bond donors (Lipinski definition) is 0. The minimum Gasteiger partial charge on any atom is -0.466 e. The fraction of sp³-hybridized carbons (Fsp3) is 0.500. The monoisotopic (exact) mass is 404 g/mol. The summed E-state index contributed by atoms with van der Waals surface area (Å²) in [5.41, 5.74) is 0.704. The van der Waals surface area contributed by atoms with Gasteiger partial charge in [0.15, 0.2) is 0 Å². The molecule has 3 unspecified atom stereocenters. The number of fused-ring (bicyclic) bond motifs is 1. The summed E-state index contributed by atoms with van der Waals surface area (Å²) in [5.74, 6) is -2.07. The number of nitro benzene ring substituents is 1. The number of esters is 2. The van der Waals surface area contributed by atoms with Crippen LogP contribution >= 0.6 is 0 Å². The molecule has 1 saturated heterocycles. The summed E-state index contributed by atoms with van der Waals surface area (Å²) in [7, 11) is 1.29. The van der Waals surface area contributed by atoms with E-state index in [1.807, 2.05) is 18.7 Å². The van der Waals surface area contributed by atoms with Gasteiger partial charge in [-0.2, -0.15) is 0 Å². The van der Waals surface area contributed by atoms with Gasteiger partial charge < -0.3 is 19.1 Å². The molecule has 1 aromatic carbocycles. The second-order valence-electron chi connectivity index (χ2n) is 7.28. The number of methoxy groups -OCH3 is 1. The van der Waals surface area contributed by atoms with E-state index in [0.717, 1.165) is 0 Å². The molecule has 3 atom stereocenters. The Morgan fingerprint density at radius 1 is 1.41 bits per heavy atom. The van der Waals surface area contributed by atoms with Crippen molar-refractivity contribution in [3.63, 3.8) is 0 Å². The van der Waals surface area contributed by atoms with E-state index in [4.69, 9.17) is 14.2 Å². The summed E-state index contributed by atoms with van der Waals surface area (Å²) < 4.78 is 16.4. The quantitative estimate of drug-likeness (QED) is 0.418. The normalized spacial score (nSPS) is 26.1. The van der Waals surface area contributed by atoms with Crippen LogP contribution in [0.4, 0.5) is 5.69 Å². The molecule has 0 amide bonds. The van der Waals surface area contributed by atoms with Gasteiger partial charge in [0.1, 0.15) is 5.72 Å². The maximum Gasteiger partial charge on any atom is 0.336 e. The predicted octanol–water partition coefficient (Wildman–Crippen LogP) is 2.37. The van der Waals surface area contributed by atoms with Crippen LogP contribution in [0.2, 0.25) is 0 Å². The first-order valence-electron chi connectivity index (χ1n) is 9.29. The van der Waals surface area contributed by atoms with Crippen LogP contribution < -0.4 is 0 Å². The highest BCUT2D eigenvalue weighted by Gasteiger charge is 2.55. The first-order chi connectivity index (χ1) is 13.7. The third-order valence-corrected chi connectivity index (χ3v) is 5.75. The Hall–Kier alpha value is -2.94. The molecule has 2 heterocycles. The Morgan fingerprint density at radius 3 is 2.76 bits per heavy atom. The average molecular weight is 404 g/mol. The third kappa shape index (κ3) is 3.57. The van der Waals surface area contributed by atoms with Crippen LogP contribution in [-0.2, 0) is 23.8 Å². The van der Waals surface area contributed by atoms with Crippen molar-refractivity contribution in [3.05, 3.63) is 51.2 Å². The smallest absolute Gasteiger partial charge is 0.336 e. The molecular formula is C20H24N2O7. The van der Waals surface area contributed by atoms with E-state index >= 15 is 0 Å². The first kappa shape index (κ1) is 20.8. The van der Waals surface area contributed by atoms with Crippen LogP contribution in [0.1, 0.15) is 32.3 Å². The predicted molar refractivity (Wildman–Crippen MR) is 102 cm³/mol. The van der Waals surface area contributed by atoms with E-state index in [9.17, 15) is 19.7 Å². The Bertz CT molecular complexity index is 881. The van der Waals surface area contributed by atoms with Gasteiger partial charge in [-0.1, -0.05) is 12.1 Å². The molecule has 3 rings (SSSR count). The lowest BCUT2D eigenvalue weighted by molar-refractivity contribution is -0.384. The number of carbonyl (C=O) groups excluding carboxylic acids is 2. The fourth-order valence-electron chi connectivity index (χ4n) is 4.41. The van der Waals surface area contributed by atoms with Crippen molar-refractivity contribution in [2.45, 2.75) is 32.4 Å². The minimum atomic E-state index is -0.841. The van der Waals surface area contributed by atoms with Gasteiger partial charge in [0.05, 0.1) is 36.7 Å². The van der Waals surface area contributed by atoms with Gasteiger partial charge in [0, 0.05) is 37.2 Å². The molecular weight excluding hydrogens is 380 g/mol. The van der Waals surface area contributed by atoms with E-state index in [2.05, 4.69) is 0 Å². The molecule has 2 aliphatic heterocycles. The SMILES string of the molecule is COC(=O)C1=C(C)N2CCOC2(C)C(COC(C)=O)C1c1cccc([N+](=O)[O-])c1. The van der Waals surface area contributed by atoms with Crippen molar-refractivity contribution in [1.82, 2.24) is 4.90 Å². The molecule has 0 aromatic heterocycles. The molecule has 9 heteroatoms. The highest BCUT2D eigenvalue weighted by Crippen LogP contribution is 2.50. The zero-order chi connectivity index (χ0) is 21.3. The van der Waals surface area contributed by atoms with E-state index < -0.39 is 34.4 Å². The number of benzene rings is 1. The van der Waals surface area contributed by atoms with Crippen LogP contribution in [0.15, 0.2) is 35.5 Å². The molecule has 0 aliphatic carbocycles. The van der Waals surface area contributed by atoms with Gasteiger partial charge >= 0.3 is 11.9 Å². The number of carbonyl (C=O) groups is 2. The van der Waals surface area contributed by atoms with E-state index in [1.54, 1.807) is 12.1 Å². The van der Waals surface area contributed by atoms with E-state index in [-0.39, 0.29) is 12.3 Å². The average Bonchev–Trinajstić information content (AvgIpc) is 3.09. The maximum atomic E-state index is 12.8. The highest BCUT2D eigenvalue weighted by atomic mass is 16.6. The molecule has 0 saturated carbocycles. The number of hydrogen-bond acceptors (Lipinski definition) is 8. The van der Waals surface area contributed by atoms with Gasteiger partial charge in [-0.25, -0.2) is 4.79 Å². The van der Waals surface area contributed by atoms with Crippen molar-refractivity contribution in [2.24, 2.45) is 5.92 Å². The van der Waals surface area contributed by atoms with Crippen molar-refractivity contribution in [3.8, 4) is 0 Å². The number of rotatable bonds is 5. The summed E-state index contributed by atoms with van der Waals surface area (Å²) in [6.45, 7) is 6.01. The molecule has 0 N–H and O–H groups in total. The molecule has 2 aliphatic rings. The zero-order valence-electron chi connectivity index (χ0n) is 16.8. The van der Waals surface area contributed by atoms with Crippen molar-refractivity contribution in [1.29, 1.82) is 0 Å². The van der Waals surface area contributed by atoms with Gasteiger partial charge in [0.2, 0.25) is 0 Å². The second-order valence-corrected chi connectivity index (χ2v) is 7.28. The second kappa shape index (κ2) is 7.82. The Morgan fingerprint density at radius 2 is 2.14 bits per heavy atom. The van der Waals surface area contributed by atoms with Crippen LogP contribution in [0.3, 0.4) is 0 Å². The number of nitro groups is 1. The fourth-order valence-corrected chi connectivity index (χ4v) is 4.41. The number of non-ortho nitro benzene ring substituents is 1. The van der Waals surface area contributed by atoms with Gasteiger partial charge in [-0.05, 0) is 19.4 Å². The number of allylic oxidation sites excluding steroid dienone is 1. The van der Waals surface area contributed by atoms with Gasteiger partial charge in [-0.3, -0.25) is 14.9 Å². The van der Waals surface area contributed by atoms with E-state index in [1.165, 1.54) is 26.2 Å². The topological polar surface area (TPSA) is 108 Å². The summed E-state index contributed by atoms with van der Waals surface area (Å²) in [5, 5.41) is 11.3. The van der Waals surface area contributed by atoms with Gasteiger partial charge in [-0.15, -0.1) is 0 Å². The Labute approximate surface area is 168 Å². The van der Waals surface area contributed by atoms with Crippen molar-refractivity contribution in [2.75, 3.05) is 26.9 Å². The molecule has 0 bridgehead atoms. The molecule has 0 radical (unpaired) electrons. The van der Waals surface area contributed by atoms with Gasteiger partial charge in [0.25, 0.3) is 5.69 Å². The number of ether oxygens (including phenoxy) is 3.